The number of imide groups is 1. The van der Waals surface area contributed by atoms with E-state index in [9.17, 15) is 42.6 Å². The first-order valence-electron chi connectivity index (χ1n) is 14.2. The van der Waals surface area contributed by atoms with E-state index in [1.54, 1.807) is 12.1 Å². The minimum Gasteiger partial charge on any atom is -0.481 e. The fraction of sp³-hybridized carbons (Fsp3) is 0.607. The van der Waals surface area contributed by atoms with Gasteiger partial charge < -0.3 is 27.0 Å². The first-order valence-corrected chi connectivity index (χ1v) is 16.1. The van der Waals surface area contributed by atoms with Gasteiger partial charge in [0, 0.05) is 25.6 Å². The van der Waals surface area contributed by atoms with Gasteiger partial charge in [0.2, 0.25) is 27.7 Å². The van der Waals surface area contributed by atoms with Crippen LogP contribution in [-0.4, -0.2) is 84.6 Å². The molecule has 8 N–H and O–H groups in total. The number of rotatable bonds is 17. The van der Waals surface area contributed by atoms with Crippen LogP contribution in [0.4, 0.5) is 5.69 Å². The summed E-state index contributed by atoms with van der Waals surface area (Å²) < 4.78 is 25.5. The highest BCUT2D eigenvalue weighted by Crippen LogP contribution is 2.44. The van der Waals surface area contributed by atoms with Crippen molar-refractivity contribution in [3.63, 3.8) is 0 Å². The first-order chi connectivity index (χ1) is 20.1. The molecule has 0 bridgehead atoms. The predicted molar refractivity (Wildman–Crippen MR) is 158 cm³/mol. The number of nitrogens with zero attached hydrogens (tertiary/aromatic N) is 1. The summed E-state index contributed by atoms with van der Waals surface area (Å²) in [6.45, 7) is 1.07. The fourth-order valence-corrected chi connectivity index (χ4v) is 5.98. The normalized spacial score (nSPS) is 16.5. The second-order valence-corrected chi connectivity index (χ2v) is 13.0. The third-order valence-electron chi connectivity index (χ3n) is 7.64. The lowest BCUT2D eigenvalue weighted by Gasteiger charge is -2.33. The number of carboxylic acid groups (broad SMARTS) is 2. The van der Waals surface area contributed by atoms with Crippen LogP contribution in [0, 0.1) is 11.3 Å². The first kappa shape index (κ1) is 35.6. The Kier molecular flexibility index (Phi) is 13.1. The molecule has 0 spiro atoms. The maximum Gasteiger partial charge on any atom is 0.326 e. The molecule has 1 aromatic carbocycles. The largest absolute Gasteiger partial charge is 0.481 e. The van der Waals surface area contributed by atoms with Crippen molar-refractivity contribution in [2.24, 2.45) is 22.8 Å². The van der Waals surface area contributed by atoms with E-state index in [2.05, 4.69) is 10.0 Å². The summed E-state index contributed by atoms with van der Waals surface area (Å²) in [5, 5.41) is 22.5. The van der Waals surface area contributed by atoms with Crippen LogP contribution in [0.25, 0.3) is 0 Å². The van der Waals surface area contributed by atoms with Crippen molar-refractivity contribution in [2.45, 2.75) is 76.8 Å². The van der Waals surface area contributed by atoms with Crippen molar-refractivity contribution in [1.82, 2.24) is 10.2 Å². The Bertz CT molecular complexity index is 1280. The average Bonchev–Trinajstić information content (AvgIpc) is 3.39. The van der Waals surface area contributed by atoms with E-state index in [1.165, 1.54) is 12.1 Å². The second-order valence-electron chi connectivity index (χ2n) is 11.2. The van der Waals surface area contributed by atoms with Crippen molar-refractivity contribution in [3.8, 4) is 0 Å². The summed E-state index contributed by atoms with van der Waals surface area (Å²) in [5.74, 6) is -5.94. The minimum absolute atomic E-state index is 0.159. The molecule has 1 aliphatic carbocycles. The van der Waals surface area contributed by atoms with Crippen LogP contribution in [0.2, 0.25) is 0 Å². The van der Waals surface area contributed by atoms with Gasteiger partial charge in [0.1, 0.15) is 6.04 Å². The van der Waals surface area contributed by atoms with Crippen molar-refractivity contribution in [2.75, 3.05) is 24.1 Å². The highest BCUT2D eigenvalue weighted by Gasteiger charge is 2.46. The third kappa shape index (κ3) is 10.9. The van der Waals surface area contributed by atoms with Gasteiger partial charge in [0.15, 0.2) is 0 Å². The van der Waals surface area contributed by atoms with Gasteiger partial charge in [0.25, 0.3) is 0 Å². The Labute approximate surface area is 251 Å². The molecule has 0 aliphatic heterocycles. The number of carbonyl (C=O) groups excluding carboxylic acids is 3. The Morgan fingerprint density at radius 3 is 2.26 bits per heavy atom. The number of nitrogens with two attached hydrogens (primary N) is 2. The summed E-state index contributed by atoms with van der Waals surface area (Å²) in [4.78, 5) is 64.3. The molecule has 240 valence electrons. The zero-order chi connectivity index (χ0) is 32.4. The lowest BCUT2D eigenvalue weighted by molar-refractivity contribution is -0.151. The summed E-state index contributed by atoms with van der Waals surface area (Å²) in [6, 6.07) is 3.70. The lowest BCUT2D eigenvalue weighted by Crippen LogP contribution is -2.52. The Morgan fingerprint density at radius 1 is 1.07 bits per heavy atom. The van der Waals surface area contributed by atoms with Crippen molar-refractivity contribution >= 4 is 45.4 Å². The van der Waals surface area contributed by atoms with E-state index in [-0.39, 0.29) is 24.9 Å². The standard InChI is InChI=1S/C28H43N5O9S/c1-18(34)33(24(35)22(30)10-3-6-13-29)17-20(25(36)37)16-28(11-4-5-12-28)27(40)31-23(26(38)39)15-19-8-7-9-21(14-19)32-43(2,41)42/h7-9,14,20,22-23,32H,3-6,10-13,15-17,29-30H2,1-2H3,(H,31,40)(H,36,37)(H,38,39)/t20-,22-,23-/m0/s1. The van der Waals surface area contributed by atoms with E-state index >= 15 is 0 Å². The van der Waals surface area contributed by atoms with Crippen molar-refractivity contribution in [3.05, 3.63) is 29.8 Å². The van der Waals surface area contributed by atoms with Crippen LogP contribution in [0.15, 0.2) is 24.3 Å². The van der Waals surface area contributed by atoms with Gasteiger partial charge in [-0.15, -0.1) is 0 Å². The summed E-state index contributed by atoms with van der Waals surface area (Å²) in [7, 11) is -3.57. The Hall–Kier alpha value is -3.56. The molecule has 2 rings (SSSR count). The lowest BCUT2D eigenvalue weighted by atomic mass is 9.76. The van der Waals surface area contributed by atoms with E-state index in [1.807, 2.05) is 0 Å². The van der Waals surface area contributed by atoms with Crippen LogP contribution in [-0.2, 0) is 40.4 Å². The third-order valence-corrected chi connectivity index (χ3v) is 8.24. The Balaban J connectivity index is 2.24. The molecule has 1 saturated carbocycles. The number of hydrogen-bond acceptors (Lipinski definition) is 9. The molecule has 1 aliphatic rings. The topological polar surface area (TPSA) is 239 Å². The Morgan fingerprint density at radius 2 is 1.72 bits per heavy atom. The van der Waals surface area contributed by atoms with Gasteiger partial charge in [0.05, 0.1) is 23.6 Å². The van der Waals surface area contributed by atoms with Crippen LogP contribution >= 0.6 is 0 Å². The SMILES string of the molecule is CC(=O)N(C[C@H](CC1(C(=O)N[C@@H](Cc2cccc(NS(C)(=O)=O)c2)C(=O)O)CCCC1)C(=O)O)C(=O)[C@@H](N)CCCCN. The molecule has 0 saturated heterocycles. The number of benzene rings is 1. The van der Waals surface area contributed by atoms with Gasteiger partial charge in [-0.1, -0.05) is 31.4 Å². The zero-order valence-electron chi connectivity index (χ0n) is 24.6. The van der Waals surface area contributed by atoms with Crippen LogP contribution in [0.1, 0.15) is 63.9 Å². The number of carboxylic acids is 2. The van der Waals surface area contributed by atoms with Gasteiger partial charge in [-0.25, -0.2) is 13.2 Å². The number of unbranched alkanes of at least 4 members (excludes halogenated alkanes) is 1. The molecule has 3 amide bonds. The van der Waals surface area contributed by atoms with E-state index in [0.29, 0.717) is 50.6 Å². The molecule has 14 nitrogen and oxygen atoms in total. The monoisotopic (exact) mass is 625 g/mol. The molecule has 1 fully saturated rings. The molecular weight excluding hydrogens is 582 g/mol. The molecule has 0 heterocycles. The summed E-state index contributed by atoms with van der Waals surface area (Å²) >= 11 is 0. The number of carbonyl (C=O) groups is 5. The predicted octanol–water partition coefficient (Wildman–Crippen LogP) is 0.653. The number of anilines is 1. The van der Waals surface area contributed by atoms with E-state index < -0.39 is 69.6 Å². The summed E-state index contributed by atoms with van der Waals surface area (Å²) in [6.07, 6.45) is 3.89. The van der Waals surface area contributed by atoms with Crippen molar-refractivity contribution in [1.29, 1.82) is 0 Å². The number of amides is 3. The van der Waals surface area contributed by atoms with Gasteiger partial charge in [-0.3, -0.25) is 28.8 Å². The van der Waals surface area contributed by atoms with Crippen molar-refractivity contribution < 1.29 is 42.6 Å². The van der Waals surface area contributed by atoms with Crippen LogP contribution < -0.4 is 21.5 Å². The molecule has 15 heteroatoms. The number of sulfonamides is 1. The maximum absolute atomic E-state index is 13.7. The number of aliphatic carboxylic acids is 2. The fourth-order valence-electron chi connectivity index (χ4n) is 5.43. The van der Waals surface area contributed by atoms with E-state index in [4.69, 9.17) is 11.5 Å². The highest BCUT2D eigenvalue weighted by atomic mass is 32.2. The quantitative estimate of drug-likeness (QED) is 0.131. The zero-order valence-corrected chi connectivity index (χ0v) is 25.4. The van der Waals surface area contributed by atoms with E-state index in [0.717, 1.165) is 18.1 Å². The smallest absolute Gasteiger partial charge is 0.326 e. The molecule has 0 aromatic heterocycles. The molecule has 0 unspecified atom stereocenters. The van der Waals surface area contributed by atoms with Gasteiger partial charge in [-0.05, 0) is 56.3 Å². The number of hydrogen-bond donors (Lipinski definition) is 6. The molecule has 0 radical (unpaired) electrons. The van der Waals surface area contributed by atoms with Gasteiger partial charge >= 0.3 is 11.9 Å². The molecule has 3 atom stereocenters. The summed E-state index contributed by atoms with van der Waals surface area (Å²) in [5.41, 5.74) is 10.9. The van der Waals surface area contributed by atoms with Gasteiger partial charge in [-0.2, -0.15) is 0 Å². The molecule has 1 aromatic rings. The maximum atomic E-state index is 13.7. The van der Waals surface area contributed by atoms with Crippen LogP contribution in [0.5, 0.6) is 0 Å². The second kappa shape index (κ2) is 15.8. The average molecular weight is 626 g/mol. The molecular formula is C28H43N5O9S. The minimum atomic E-state index is -3.57. The number of nitrogens with one attached hydrogen (secondary N) is 2. The highest BCUT2D eigenvalue weighted by molar-refractivity contribution is 7.92. The van der Waals surface area contributed by atoms with Crippen LogP contribution in [0.3, 0.4) is 0 Å². The molecule has 43 heavy (non-hydrogen) atoms.